The smallest absolute Gasteiger partial charge is 0.497 e. The molecule has 14 heteroatoms. The van der Waals surface area contributed by atoms with Crippen molar-refractivity contribution in [2.45, 2.75) is 20.2 Å². The third kappa shape index (κ3) is 8.39. The number of carboxylic acids is 1. The van der Waals surface area contributed by atoms with Crippen molar-refractivity contribution in [1.82, 2.24) is 20.2 Å². The molecule has 10 nitrogen and oxygen atoms in total. The maximum absolute atomic E-state index is 12.4. The zero-order valence-electron chi connectivity index (χ0n) is 22.8. The van der Waals surface area contributed by atoms with Crippen LogP contribution in [0, 0.1) is 13.8 Å². The number of aromatic nitrogens is 3. The molecule has 0 aliphatic carbocycles. The highest BCUT2D eigenvalue weighted by Crippen LogP contribution is 2.29. The summed E-state index contributed by atoms with van der Waals surface area (Å²) in [5, 5.41) is 18.0. The van der Waals surface area contributed by atoms with Crippen molar-refractivity contribution in [3.05, 3.63) is 83.7 Å². The number of halogens is 3. The number of alkyl halides is 3. The molecular weight excluding hydrogens is 573 g/mol. The minimum Gasteiger partial charge on any atom is -0.497 e. The van der Waals surface area contributed by atoms with Gasteiger partial charge in [-0.3, -0.25) is 10.2 Å². The number of nitrogens with zero attached hydrogens (tertiary/aromatic N) is 5. The van der Waals surface area contributed by atoms with E-state index in [1.54, 1.807) is 25.5 Å². The van der Waals surface area contributed by atoms with Crippen LogP contribution in [-0.2, 0) is 15.5 Å². The van der Waals surface area contributed by atoms with E-state index < -0.39 is 23.0 Å². The molecule has 220 valence electrons. The molecule has 3 aromatic carbocycles. The van der Waals surface area contributed by atoms with E-state index in [9.17, 15) is 23.1 Å². The SMILES string of the molecule is COc1cc(C)c(N=S(CNN=Cc2ccc(-c3ncn(-c4ccc(OC(F)(F)F)cc4)n3)cc2)CC(=O)O)c(C)c1. The Morgan fingerprint density at radius 1 is 1.07 bits per heavy atom. The Bertz CT molecular complexity index is 1580. The summed E-state index contributed by atoms with van der Waals surface area (Å²) < 4.78 is 52.4. The quantitative estimate of drug-likeness (QED) is 0.171. The number of hydrazone groups is 1. The summed E-state index contributed by atoms with van der Waals surface area (Å²) in [6, 6.07) is 16.3. The average molecular weight is 601 g/mol. The van der Waals surface area contributed by atoms with Gasteiger partial charge in [-0.15, -0.1) is 18.3 Å². The lowest BCUT2D eigenvalue weighted by Gasteiger charge is -2.11. The van der Waals surface area contributed by atoms with Crippen molar-refractivity contribution in [3.8, 4) is 28.6 Å². The van der Waals surface area contributed by atoms with Crippen LogP contribution >= 0.6 is 0 Å². The summed E-state index contributed by atoms with van der Waals surface area (Å²) >= 11 is 0. The fraction of sp³-hybridized carbons (Fsp3) is 0.214. The Morgan fingerprint density at radius 3 is 2.33 bits per heavy atom. The van der Waals surface area contributed by atoms with Gasteiger partial charge in [-0.05, 0) is 66.9 Å². The first-order valence-electron chi connectivity index (χ1n) is 12.4. The predicted octanol–water partition coefficient (Wildman–Crippen LogP) is 5.56. The zero-order valence-corrected chi connectivity index (χ0v) is 23.6. The van der Waals surface area contributed by atoms with Crippen molar-refractivity contribution in [3.63, 3.8) is 0 Å². The lowest BCUT2D eigenvalue weighted by molar-refractivity contribution is -0.274. The van der Waals surface area contributed by atoms with Crippen molar-refractivity contribution >= 4 is 28.6 Å². The fourth-order valence-corrected chi connectivity index (χ4v) is 5.12. The van der Waals surface area contributed by atoms with Gasteiger partial charge in [0.2, 0.25) is 0 Å². The largest absolute Gasteiger partial charge is 0.573 e. The van der Waals surface area contributed by atoms with Crippen LogP contribution in [0.5, 0.6) is 11.5 Å². The van der Waals surface area contributed by atoms with E-state index in [4.69, 9.17) is 9.10 Å². The third-order valence-electron chi connectivity index (χ3n) is 5.74. The average Bonchev–Trinajstić information content (AvgIpc) is 3.42. The summed E-state index contributed by atoms with van der Waals surface area (Å²) in [6.45, 7) is 3.81. The molecule has 0 spiro atoms. The number of rotatable bonds is 11. The molecule has 0 aliphatic heterocycles. The van der Waals surface area contributed by atoms with Gasteiger partial charge in [0.1, 0.15) is 23.6 Å². The molecule has 4 rings (SSSR count). The third-order valence-corrected chi connectivity index (χ3v) is 7.23. The number of nitrogens with one attached hydrogen (secondary N) is 1. The molecule has 4 aromatic rings. The van der Waals surface area contributed by atoms with E-state index in [-0.39, 0.29) is 17.4 Å². The van der Waals surface area contributed by atoms with Crippen molar-refractivity contribution < 1.29 is 32.5 Å². The fourth-order valence-electron chi connectivity index (χ4n) is 3.84. The van der Waals surface area contributed by atoms with Gasteiger partial charge in [-0.2, -0.15) is 5.10 Å². The van der Waals surface area contributed by atoms with E-state index in [0.717, 1.165) is 27.9 Å². The maximum Gasteiger partial charge on any atom is 0.573 e. The zero-order chi connectivity index (χ0) is 30.3. The Hall–Kier alpha value is -4.72. The lowest BCUT2D eigenvalue weighted by Crippen LogP contribution is -2.19. The minimum absolute atomic E-state index is 0.132. The number of aliphatic carboxylic acids is 1. The highest BCUT2D eigenvalue weighted by atomic mass is 32.2. The maximum atomic E-state index is 12.4. The molecule has 2 N–H and O–H groups in total. The Balaban J connectivity index is 1.38. The van der Waals surface area contributed by atoms with Crippen LogP contribution in [-0.4, -0.2) is 57.2 Å². The number of ether oxygens (including phenoxy) is 2. The summed E-state index contributed by atoms with van der Waals surface area (Å²) in [6.07, 6.45) is -1.70. The molecule has 0 saturated carbocycles. The highest BCUT2D eigenvalue weighted by molar-refractivity contribution is 7.88. The standard InChI is InChI=1S/C28H27F3N6O4S/c1-18-12-24(40-3)13-19(2)26(18)36-42(15-25(38)39)17-34-33-14-20-4-6-21(7-5-20)27-32-16-37(35-27)22-8-10-23(11-9-22)41-28(29,30)31/h4-14,16,34H,15,17H2,1-3H3,(H,38,39). The number of benzene rings is 3. The number of hydrogen-bond acceptors (Lipinski definition) is 8. The monoisotopic (exact) mass is 600 g/mol. The first-order chi connectivity index (χ1) is 20.0. The Labute approximate surface area is 241 Å². The van der Waals surface area contributed by atoms with Gasteiger partial charge in [0.05, 0.1) is 30.6 Å². The summed E-state index contributed by atoms with van der Waals surface area (Å²) in [7, 11) is 0.733. The molecular formula is C28H27F3N6O4S. The second kappa shape index (κ2) is 13.3. The van der Waals surface area contributed by atoms with Crippen LogP contribution in [0.1, 0.15) is 16.7 Å². The minimum atomic E-state index is -4.76. The van der Waals surface area contributed by atoms with Gasteiger partial charge in [-0.1, -0.05) is 35.0 Å². The second-order valence-corrected chi connectivity index (χ2v) is 10.6. The molecule has 42 heavy (non-hydrogen) atoms. The normalized spacial score (nSPS) is 12.4. The second-order valence-electron chi connectivity index (χ2n) is 8.94. The van der Waals surface area contributed by atoms with Gasteiger partial charge in [0, 0.05) is 5.56 Å². The molecule has 1 atom stereocenters. The number of methoxy groups -OCH3 is 1. The van der Waals surface area contributed by atoms with Crippen LogP contribution < -0.4 is 14.9 Å². The summed E-state index contributed by atoms with van der Waals surface area (Å²) in [5.74, 6) is -0.0171. The van der Waals surface area contributed by atoms with Crippen molar-refractivity contribution in [1.29, 1.82) is 0 Å². The predicted molar refractivity (Wildman–Crippen MR) is 153 cm³/mol. The van der Waals surface area contributed by atoms with Crippen molar-refractivity contribution in [2.75, 3.05) is 18.7 Å². The van der Waals surface area contributed by atoms with Gasteiger partial charge < -0.3 is 14.6 Å². The first kappa shape index (κ1) is 30.2. The molecule has 1 heterocycles. The van der Waals surface area contributed by atoms with Gasteiger partial charge in [0.15, 0.2) is 5.82 Å². The Kier molecular flexibility index (Phi) is 9.57. The van der Waals surface area contributed by atoms with Crippen LogP contribution in [0.15, 0.2) is 76.5 Å². The highest BCUT2D eigenvalue weighted by Gasteiger charge is 2.31. The van der Waals surface area contributed by atoms with E-state index >= 15 is 0 Å². The lowest BCUT2D eigenvalue weighted by atomic mass is 10.1. The van der Waals surface area contributed by atoms with E-state index in [1.165, 1.54) is 35.3 Å². The van der Waals surface area contributed by atoms with Gasteiger partial charge in [-0.25, -0.2) is 14.0 Å². The molecule has 0 amide bonds. The molecule has 1 aromatic heterocycles. The topological polar surface area (TPSA) is 123 Å². The van der Waals surface area contributed by atoms with Crippen LogP contribution in [0.3, 0.4) is 0 Å². The molecule has 0 radical (unpaired) electrons. The van der Waals surface area contributed by atoms with E-state index in [0.29, 0.717) is 17.3 Å². The number of carbonyl (C=O) groups is 1. The van der Waals surface area contributed by atoms with Gasteiger partial charge in [0.25, 0.3) is 0 Å². The summed E-state index contributed by atoms with van der Waals surface area (Å²) in [5.41, 5.74) is 7.46. The number of aryl methyl sites for hydroxylation is 2. The molecule has 1 unspecified atom stereocenters. The number of hydrogen-bond donors (Lipinski definition) is 2. The van der Waals surface area contributed by atoms with Gasteiger partial charge >= 0.3 is 12.3 Å². The molecule has 0 saturated heterocycles. The molecule has 0 fully saturated rings. The Morgan fingerprint density at radius 2 is 1.74 bits per heavy atom. The van der Waals surface area contributed by atoms with E-state index in [1.807, 2.05) is 38.1 Å². The van der Waals surface area contributed by atoms with Crippen molar-refractivity contribution in [2.24, 2.45) is 9.46 Å². The van der Waals surface area contributed by atoms with Crippen LogP contribution in [0.2, 0.25) is 0 Å². The van der Waals surface area contributed by atoms with Crippen LogP contribution in [0.4, 0.5) is 18.9 Å². The summed E-state index contributed by atoms with van der Waals surface area (Å²) in [4.78, 5) is 15.7. The first-order valence-corrected chi connectivity index (χ1v) is 13.9. The molecule has 0 bridgehead atoms. The number of carboxylic acid groups (broad SMARTS) is 1. The van der Waals surface area contributed by atoms with E-state index in [2.05, 4.69) is 25.3 Å². The molecule has 0 aliphatic rings. The van der Waals surface area contributed by atoms with Crippen LogP contribution in [0.25, 0.3) is 17.1 Å².